The van der Waals surface area contributed by atoms with Crippen LogP contribution < -0.4 is 11.5 Å². The van der Waals surface area contributed by atoms with Crippen molar-refractivity contribution in [2.75, 3.05) is 6.54 Å². The summed E-state index contributed by atoms with van der Waals surface area (Å²) < 4.78 is 5.15. The molecule has 1 aromatic rings. The summed E-state index contributed by atoms with van der Waals surface area (Å²) in [7, 11) is 0. The van der Waals surface area contributed by atoms with Gasteiger partial charge in [0.2, 0.25) is 0 Å². The maximum Gasteiger partial charge on any atom is 0.306 e. The number of hydrogen-bond acceptors (Lipinski definition) is 5. The lowest BCUT2D eigenvalue weighted by Gasteiger charge is -2.19. The van der Waals surface area contributed by atoms with Gasteiger partial charge < -0.3 is 21.3 Å². The lowest BCUT2D eigenvalue weighted by molar-refractivity contribution is -0.145. The van der Waals surface area contributed by atoms with Crippen molar-refractivity contribution in [1.82, 2.24) is 0 Å². The fourth-order valence-electron chi connectivity index (χ4n) is 1.76. The quantitative estimate of drug-likeness (QED) is 0.483. The Morgan fingerprint density at radius 3 is 2.27 bits per heavy atom. The molecule has 0 fully saturated rings. The molecular formula is C21H38N2O3. The molecule has 5 heteroatoms. The molecule has 0 saturated heterocycles. The second-order valence-corrected chi connectivity index (χ2v) is 5.62. The Morgan fingerprint density at radius 2 is 1.81 bits per heavy atom. The minimum Gasteiger partial charge on any atom is -0.461 e. The number of aliphatic hydroxyl groups excluding tert-OH is 1. The third-order valence-corrected chi connectivity index (χ3v) is 3.54. The van der Waals surface area contributed by atoms with Gasteiger partial charge >= 0.3 is 5.97 Å². The van der Waals surface area contributed by atoms with Gasteiger partial charge in [-0.1, -0.05) is 57.2 Å². The molecule has 26 heavy (non-hydrogen) atoms. The van der Waals surface area contributed by atoms with Crippen molar-refractivity contribution in [3.05, 3.63) is 47.5 Å². The maximum absolute atomic E-state index is 11.6. The minimum absolute atomic E-state index is 0.210. The van der Waals surface area contributed by atoms with Gasteiger partial charge in [-0.3, -0.25) is 4.79 Å². The van der Waals surface area contributed by atoms with Crippen molar-refractivity contribution in [2.45, 2.75) is 72.6 Å². The number of carbonyl (C=O) groups is 1. The van der Waals surface area contributed by atoms with Crippen LogP contribution in [0, 0.1) is 0 Å². The number of esters is 1. The third kappa shape index (κ3) is 13.6. The SMILES string of the molecule is CC.CC=C(C)C(O)C(N)CCC(=O)OCc1ccccc1.CCCN. The van der Waals surface area contributed by atoms with Crippen LogP contribution in [0.15, 0.2) is 42.0 Å². The van der Waals surface area contributed by atoms with Crippen molar-refractivity contribution in [1.29, 1.82) is 0 Å². The lowest BCUT2D eigenvalue weighted by Crippen LogP contribution is -2.36. The Hall–Kier alpha value is -1.69. The highest BCUT2D eigenvalue weighted by molar-refractivity contribution is 5.69. The highest BCUT2D eigenvalue weighted by Crippen LogP contribution is 2.10. The summed E-state index contributed by atoms with van der Waals surface area (Å²) in [6.07, 6.45) is 2.82. The number of aliphatic hydroxyl groups is 1. The van der Waals surface area contributed by atoms with Gasteiger partial charge in [0.25, 0.3) is 0 Å². The van der Waals surface area contributed by atoms with E-state index in [1.165, 1.54) is 0 Å². The van der Waals surface area contributed by atoms with Crippen LogP contribution in [0.4, 0.5) is 0 Å². The lowest BCUT2D eigenvalue weighted by atomic mass is 10.0. The highest BCUT2D eigenvalue weighted by atomic mass is 16.5. The summed E-state index contributed by atoms with van der Waals surface area (Å²) in [4.78, 5) is 11.6. The Morgan fingerprint density at radius 1 is 1.27 bits per heavy atom. The number of allylic oxidation sites excluding steroid dienone is 1. The smallest absolute Gasteiger partial charge is 0.306 e. The zero-order valence-corrected chi connectivity index (χ0v) is 17.1. The van der Waals surface area contributed by atoms with Gasteiger partial charge in [-0.15, -0.1) is 0 Å². The molecule has 0 heterocycles. The fraction of sp³-hybridized carbons (Fsp3) is 0.571. The van der Waals surface area contributed by atoms with Gasteiger partial charge in [0.05, 0.1) is 6.10 Å². The molecule has 2 atom stereocenters. The number of carbonyl (C=O) groups excluding carboxylic acids is 1. The minimum atomic E-state index is -0.707. The number of hydrogen-bond donors (Lipinski definition) is 3. The van der Waals surface area contributed by atoms with Crippen molar-refractivity contribution >= 4 is 5.97 Å². The van der Waals surface area contributed by atoms with Gasteiger partial charge in [0.1, 0.15) is 6.61 Å². The third-order valence-electron chi connectivity index (χ3n) is 3.54. The van der Waals surface area contributed by atoms with Crippen molar-refractivity contribution in [3.63, 3.8) is 0 Å². The molecule has 0 bridgehead atoms. The van der Waals surface area contributed by atoms with Gasteiger partial charge in [-0.25, -0.2) is 0 Å². The fourth-order valence-corrected chi connectivity index (χ4v) is 1.76. The van der Waals surface area contributed by atoms with E-state index in [9.17, 15) is 9.90 Å². The number of ether oxygens (including phenoxy) is 1. The second-order valence-electron chi connectivity index (χ2n) is 5.62. The summed E-state index contributed by atoms with van der Waals surface area (Å²) in [5.41, 5.74) is 12.6. The molecule has 0 saturated carbocycles. The van der Waals surface area contributed by atoms with Gasteiger partial charge in [-0.05, 0) is 44.4 Å². The first-order valence-corrected chi connectivity index (χ1v) is 9.42. The van der Waals surface area contributed by atoms with Gasteiger partial charge in [0.15, 0.2) is 0 Å². The highest BCUT2D eigenvalue weighted by Gasteiger charge is 2.17. The zero-order valence-electron chi connectivity index (χ0n) is 17.1. The Labute approximate surface area is 159 Å². The van der Waals surface area contributed by atoms with E-state index in [4.69, 9.17) is 16.2 Å². The molecule has 1 aromatic carbocycles. The van der Waals surface area contributed by atoms with Crippen LogP contribution in [-0.2, 0) is 16.1 Å². The summed E-state index contributed by atoms with van der Waals surface area (Å²) >= 11 is 0. The van der Waals surface area contributed by atoms with Crippen LogP contribution in [0.1, 0.15) is 59.4 Å². The molecule has 5 nitrogen and oxygen atoms in total. The first kappa shape index (κ1) is 26.5. The van der Waals surface area contributed by atoms with E-state index in [1.807, 2.05) is 64.1 Å². The largest absolute Gasteiger partial charge is 0.461 e. The van der Waals surface area contributed by atoms with Crippen molar-refractivity contribution in [2.24, 2.45) is 11.5 Å². The maximum atomic E-state index is 11.6. The zero-order chi connectivity index (χ0) is 20.4. The normalized spacial score (nSPS) is 12.7. The predicted molar refractivity (Wildman–Crippen MR) is 110 cm³/mol. The summed E-state index contributed by atoms with van der Waals surface area (Å²) in [6, 6.07) is 9.06. The van der Waals surface area contributed by atoms with E-state index >= 15 is 0 Å². The first-order chi connectivity index (χ1) is 12.5. The first-order valence-electron chi connectivity index (χ1n) is 9.42. The molecule has 5 N–H and O–H groups in total. The monoisotopic (exact) mass is 366 g/mol. The van der Waals surface area contributed by atoms with E-state index in [0.717, 1.165) is 24.1 Å². The van der Waals surface area contributed by atoms with E-state index < -0.39 is 12.1 Å². The van der Waals surface area contributed by atoms with Crippen molar-refractivity contribution < 1.29 is 14.6 Å². The van der Waals surface area contributed by atoms with Gasteiger partial charge in [-0.2, -0.15) is 0 Å². The van der Waals surface area contributed by atoms with Crippen LogP contribution in [0.3, 0.4) is 0 Å². The number of rotatable bonds is 8. The standard InChI is InChI=1S/C16H23NO3.C3H9N.C2H6/c1-3-12(2)16(19)14(17)9-10-15(18)20-11-13-7-5-4-6-8-13;1-2-3-4;1-2/h3-8,14,16,19H,9-11,17H2,1-2H3;2-4H2,1H3;1-2H3. The van der Waals surface area contributed by atoms with Crippen LogP contribution in [0.5, 0.6) is 0 Å². The van der Waals surface area contributed by atoms with E-state index in [1.54, 1.807) is 0 Å². The van der Waals surface area contributed by atoms with Crippen molar-refractivity contribution in [3.8, 4) is 0 Å². The number of benzene rings is 1. The summed E-state index contributed by atoms with van der Waals surface area (Å²) in [5.74, 6) is -0.297. The number of nitrogens with two attached hydrogens (primary N) is 2. The Kier molecular flexibility index (Phi) is 18.5. The van der Waals surface area contributed by atoms with Crippen LogP contribution in [0.25, 0.3) is 0 Å². The molecule has 1 rings (SSSR count). The summed E-state index contributed by atoms with van der Waals surface area (Å²) in [5, 5.41) is 9.86. The Balaban J connectivity index is 0. The van der Waals surface area contributed by atoms with Crippen LogP contribution in [0.2, 0.25) is 0 Å². The van der Waals surface area contributed by atoms with Crippen LogP contribution in [-0.4, -0.2) is 29.8 Å². The average molecular weight is 367 g/mol. The molecule has 2 unspecified atom stereocenters. The second kappa shape index (κ2) is 18.1. The molecule has 0 aliphatic rings. The van der Waals surface area contributed by atoms with E-state index in [0.29, 0.717) is 6.42 Å². The van der Waals surface area contributed by atoms with Crippen LogP contribution >= 0.6 is 0 Å². The molecule has 0 aromatic heterocycles. The topological polar surface area (TPSA) is 98.6 Å². The molecule has 0 aliphatic carbocycles. The van der Waals surface area contributed by atoms with Gasteiger partial charge in [0, 0.05) is 12.5 Å². The molecule has 0 radical (unpaired) electrons. The molecule has 0 spiro atoms. The molecule has 0 aliphatic heterocycles. The van der Waals surface area contributed by atoms with E-state index in [2.05, 4.69) is 6.92 Å². The Bertz CT molecular complexity index is 473. The molecule has 0 amide bonds. The average Bonchev–Trinajstić information content (AvgIpc) is 2.71. The molecule has 150 valence electrons. The van der Waals surface area contributed by atoms with E-state index in [-0.39, 0.29) is 19.0 Å². The predicted octanol–water partition coefficient (Wildman–Crippen LogP) is 3.55. The summed E-state index contributed by atoms with van der Waals surface area (Å²) in [6.45, 7) is 10.8. The molecular weight excluding hydrogens is 328 g/mol.